The van der Waals surface area contributed by atoms with Crippen LogP contribution >= 0.6 is 11.8 Å². The topological polar surface area (TPSA) is 114 Å². The average molecular weight is 540 g/mol. The Bertz CT molecular complexity index is 1240. The summed E-state index contributed by atoms with van der Waals surface area (Å²) in [6, 6.07) is 12.3. The highest BCUT2D eigenvalue weighted by Crippen LogP contribution is 2.34. The number of anilines is 1. The van der Waals surface area contributed by atoms with Crippen LogP contribution in [-0.2, 0) is 19.1 Å². The van der Waals surface area contributed by atoms with Gasteiger partial charge in [-0.05, 0) is 61.5 Å². The van der Waals surface area contributed by atoms with Crippen molar-refractivity contribution in [2.75, 3.05) is 51.4 Å². The van der Waals surface area contributed by atoms with Crippen molar-refractivity contribution in [2.24, 2.45) is 0 Å². The molecule has 10 nitrogen and oxygen atoms in total. The molecule has 2 saturated heterocycles. The van der Waals surface area contributed by atoms with Crippen LogP contribution < -0.4 is 14.8 Å². The number of nitrogens with zero attached hydrogens (tertiary/aromatic N) is 2. The van der Waals surface area contributed by atoms with Crippen molar-refractivity contribution in [2.45, 2.75) is 13.8 Å². The molecular weight excluding hydrogens is 510 g/mol. The number of rotatable bonds is 9. The van der Waals surface area contributed by atoms with Gasteiger partial charge in [-0.2, -0.15) is 0 Å². The van der Waals surface area contributed by atoms with Gasteiger partial charge in [0.2, 0.25) is 5.91 Å². The second kappa shape index (κ2) is 12.6. The monoisotopic (exact) mass is 539 g/mol. The van der Waals surface area contributed by atoms with E-state index in [0.29, 0.717) is 55.7 Å². The van der Waals surface area contributed by atoms with Crippen LogP contribution in [0.2, 0.25) is 0 Å². The Morgan fingerprint density at radius 2 is 1.79 bits per heavy atom. The highest BCUT2D eigenvalue weighted by atomic mass is 32.2. The lowest BCUT2D eigenvalue weighted by Crippen LogP contribution is -2.43. The maximum atomic E-state index is 12.9. The van der Waals surface area contributed by atoms with E-state index in [1.165, 1.54) is 0 Å². The molecule has 2 fully saturated rings. The van der Waals surface area contributed by atoms with Gasteiger partial charge in [0.05, 0.1) is 24.7 Å². The van der Waals surface area contributed by atoms with Crippen LogP contribution in [0, 0.1) is 6.92 Å². The number of aryl methyl sites for hydroxylation is 1. The number of hydrogen-bond donors (Lipinski definition) is 1. The standard InChI is InChI=1S/C27H29N3O7S/c1-3-36-22-14-19(6-9-21(22)37-17-25(32)29-10-12-35-13-11-29)15-23-26(33)30(27(34)38-23)16-24(31)28-20-7-4-18(2)5-8-20/h4-9,14-15H,3,10-13,16-17H2,1-2H3,(H,28,31)/b23-15-. The van der Waals surface area contributed by atoms with Crippen molar-refractivity contribution in [3.05, 3.63) is 58.5 Å². The third kappa shape index (κ3) is 6.93. The Hall–Kier alpha value is -3.83. The third-order valence-corrected chi connectivity index (χ3v) is 6.70. The van der Waals surface area contributed by atoms with Crippen LogP contribution in [0.3, 0.4) is 0 Å². The minimum absolute atomic E-state index is 0.136. The zero-order valence-electron chi connectivity index (χ0n) is 21.2. The number of morpholine rings is 1. The molecule has 1 N–H and O–H groups in total. The van der Waals surface area contributed by atoms with Gasteiger partial charge in [0.15, 0.2) is 18.1 Å². The van der Waals surface area contributed by atoms with Gasteiger partial charge < -0.3 is 24.4 Å². The fourth-order valence-electron chi connectivity index (χ4n) is 3.81. The van der Waals surface area contributed by atoms with Gasteiger partial charge in [-0.1, -0.05) is 23.8 Å². The molecule has 200 valence electrons. The number of nitrogens with one attached hydrogen (secondary N) is 1. The predicted molar refractivity (Wildman–Crippen MR) is 143 cm³/mol. The number of benzene rings is 2. The molecule has 0 bridgehead atoms. The molecular formula is C27H29N3O7S. The summed E-state index contributed by atoms with van der Waals surface area (Å²) < 4.78 is 16.7. The summed E-state index contributed by atoms with van der Waals surface area (Å²) >= 11 is 0.766. The molecule has 2 heterocycles. The van der Waals surface area contributed by atoms with Gasteiger partial charge in [0.1, 0.15) is 6.54 Å². The first-order valence-corrected chi connectivity index (χ1v) is 13.0. The van der Waals surface area contributed by atoms with E-state index in [4.69, 9.17) is 14.2 Å². The third-order valence-electron chi connectivity index (χ3n) is 5.79. The summed E-state index contributed by atoms with van der Waals surface area (Å²) in [5.74, 6) is -0.350. The van der Waals surface area contributed by atoms with Gasteiger partial charge in [0.25, 0.3) is 17.1 Å². The smallest absolute Gasteiger partial charge is 0.294 e. The minimum atomic E-state index is -0.548. The van der Waals surface area contributed by atoms with Crippen molar-refractivity contribution in [3.63, 3.8) is 0 Å². The minimum Gasteiger partial charge on any atom is -0.490 e. The van der Waals surface area contributed by atoms with E-state index in [1.807, 2.05) is 26.0 Å². The number of carbonyl (C=O) groups excluding carboxylic acids is 4. The zero-order chi connectivity index (χ0) is 27.1. The van der Waals surface area contributed by atoms with Crippen LogP contribution in [0.25, 0.3) is 6.08 Å². The maximum absolute atomic E-state index is 12.9. The Labute approximate surface area is 224 Å². The first-order valence-electron chi connectivity index (χ1n) is 12.2. The largest absolute Gasteiger partial charge is 0.490 e. The number of ether oxygens (including phenoxy) is 3. The Morgan fingerprint density at radius 1 is 1.05 bits per heavy atom. The van der Waals surface area contributed by atoms with Crippen LogP contribution in [0.1, 0.15) is 18.1 Å². The molecule has 0 aliphatic carbocycles. The molecule has 0 atom stereocenters. The molecule has 2 aromatic carbocycles. The molecule has 0 saturated carbocycles. The first-order chi connectivity index (χ1) is 18.3. The van der Waals surface area contributed by atoms with Gasteiger partial charge in [0, 0.05) is 18.8 Å². The van der Waals surface area contributed by atoms with Gasteiger partial charge >= 0.3 is 0 Å². The van der Waals surface area contributed by atoms with E-state index in [-0.39, 0.29) is 24.0 Å². The van der Waals surface area contributed by atoms with Crippen molar-refractivity contribution in [1.29, 1.82) is 0 Å². The van der Waals surface area contributed by atoms with Crippen LogP contribution in [0.5, 0.6) is 11.5 Å². The highest BCUT2D eigenvalue weighted by molar-refractivity contribution is 8.18. The molecule has 0 unspecified atom stereocenters. The van der Waals surface area contributed by atoms with E-state index in [0.717, 1.165) is 22.2 Å². The quantitative estimate of drug-likeness (QED) is 0.483. The van der Waals surface area contributed by atoms with Gasteiger partial charge in [-0.25, -0.2) is 0 Å². The van der Waals surface area contributed by atoms with Crippen molar-refractivity contribution in [3.8, 4) is 11.5 Å². The predicted octanol–water partition coefficient (Wildman–Crippen LogP) is 3.31. The number of imide groups is 1. The average Bonchev–Trinajstić information content (AvgIpc) is 3.17. The number of carbonyl (C=O) groups is 4. The van der Waals surface area contributed by atoms with E-state index in [2.05, 4.69) is 5.32 Å². The molecule has 2 aliphatic rings. The number of amides is 4. The van der Waals surface area contributed by atoms with Gasteiger partial charge in [-0.15, -0.1) is 0 Å². The van der Waals surface area contributed by atoms with E-state index in [9.17, 15) is 19.2 Å². The normalized spacial score (nSPS) is 16.6. The number of thioether (sulfide) groups is 1. The van der Waals surface area contributed by atoms with Crippen molar-refractivity contribution >= 4 is 46.5 Å². The molecule has 4 amide bonds. The first kappa shape index (κ1) is 27.2. The lowest BCUT2D eigenvalue weighted by atomic mass is 10.2. The summed E-state index contributed by atoms with van der Waals surface area (Å²) in [5, 5.41) is 2.17. The summed E-state index contributed by atoms with van der Waals surface area (Å²) in [7, 11) is 0. The van der Waals surface area contributed by atoms with E-state index in [1.54, 1.807) is 41.3 Å². The molecule has 2 aliphatic heterocycles. The SMILES string of the molecule is CCOc1cc(/C=C2\SC(=O)N(CC(=O)Nc3ccc(C)cc3)C2=O)ccc1OCC(=O)N1CCOCC1. The second-order valence-corrected chi connectivity index (χ2v) is 9.60. The molecule has 11 heteroatoms. The molecule has 0 radical (unpaired) electrons. The number of hydrogen-bond acceptors (Lipinski definition) is 8. The van der Waals surface area contributed by atoms with E-state index < -0.39 is 17.1 Å². The second-order valence-electron chi connectivity index (χ2n) is 8.60. The van der Waals surface area contributed by atoms with Crippen LogP contribution in [0.4, 0.5) is 10.5 Å². The summed E-state index contributed by atoms with van der Waals surface area (Å²) in [5.41, 5.74) is 2.24. The molecule has 2 aromatic rings. The fourth-order valence-corrected chi connectivity index (χ4v) is 4.65. The van der Waals surface area contributed by atoms with Crippen LogP contribution in [0.15, 0.2) is 47.4 Å². The summed E-state index contributed by atoms with van der Waals surface area (Å²) in [6.07, 6.45) is 1.56. The molecule has 0 aromatic heterocycles. The highest BCUT2D eigenvalue weighted by Gasteiger charge is 2.36. The molecule has 0 spiro atoms. The molecule has 4 rings (SSSR count). The Morgan fingerprint density at radius 3 is 2.50 bits per heavy atom. The molecule has 38 heavy (non-hydrogen) atoms. The summed E-state index contributed by atoms with van der Waals surface area (Å²) in [4.78, 5) is 53.0. The van der Waals surface area contributed by atoms with Crippen molar-refractivity contribution in [1.82, 2.24) is 9.80 Å². The van der Waals surface area contributed by atoms with E-state index >= 15 is 0 Å². The maximum Gasteiger partial charge on any atom is 0.294 e. The lowest BCUT2D eigenvalue weighted by molar-refractivity contribution is -0.137. The zero-order valence-corrected chi connectivity index (χ0v) is 22.0. The van der Waals surface area contributed by atoms with Crippen LogP contribution in [-0.4, -0.2) is 78.8 Å². The fraction of sp³-hybridized carbons (Fsp3) is 0.333. The van der Waals surface area contributed by atoms with Gasteiger partial charge in [-0.3, -0.25) is 24.1 Å². The summed E-state index contributed by atoms with van der Waals surface area (Å²) in [6.45, 7) is 5.67. The van der Waals surface area contributed by atoms with Crippen molar-refractivity contribution < 1.29 is 33.4 Å². The Kier molecular flexibility index (Phi) is 9.03. The Balaban J connectivity index is 1.40. The lowest BCUT2D eigenvalue weighted by Gasteiger charge is -2.26.